The van der Waals surface area contributed by atoms with Crippen molar-refractivity contribution in [1.82, 2.24) is 0 Å². The molecule has 0 radical (unpaired) electrons. The molecular formula is C15H11IN2O4. The summed E-state index contributed by atoms with van der Waals surface area (Å²) in [6, 6.07) is 10.6. The molecule has 0 aliphatic rings. The van der Waals surface area contributed by atoms with Crippen molar-refractivity contribution in [2.45, 2.75) is 6.92 Å². The fourth-order valence-electron chi connectivity index (χ4n) is 1.82. The van der Waals surface area contributed by atoms with Gasteiger partial charge in [0.25, 0.3) is 11.6 Å². The number of non-ortho nitro benzene ring substituents is 1. The third-order valence-corrected chi connectivity index (χ3v) is 3.87. The van der Waals surface area contributed by atoms with E-state index < -0.39 is 10.8 Å². The molecule has 2 aromatic rings. The molecule has 0 aromatic heterocycles. The quantitative estimate of drug-likeness (QED) is 0.361. The summed E-state index contributed by atoms with van der Waals surface area (Å²) >= 11 is 1.94. The normalized spacial score (nSPS) is 10.1. The van der Waals surface area contributed by atoms with E-state index in [1.807, 2.05) is 22.6 Å². The molecule has 0 aliphatic carbocycles. The largest absolute Gasteiger partial charge is 0.322 e. The number of hydrogen-bond donors (Lipinski definition) is 1. The van der Waals surface area contributed by atoms with Gasteiger partial charge in [-0.2, -0.15) is 0 Å². The molecule has 0 heterocycles. The molecule has 2 rings (SSSR count). The molecule has 22 heavy (non-hydrogen) atoms. The maximum absolute atomic E-state index is 12.3. The van der Waals surface area contributed by atoms with Crippen LogP contribution >= 0.6 is 22.6 Å². The van der Waals surface area contributed by atoms with Crippen LogP contribution in [0, 0.1) is 13.7 Å². The summed E-state index contributed by atoms with van der Waals surface area (Å²) in [4.78, 5) is 33.9. The van der Waals surface area contributed by atoms with Crippen molar-refractivity contribution in [3.05, 3.63) is 67.3 Å². The van der Waals surface area contributed by atoms with Crippen LogP contribution in [0.15, 0.2) is 42.5 Å². The molecular weight excluding hydrogens is 399 g/mol. The third kappa shape index (κ3) is 3.67. The van der Waals surface area contributed by atoms with E-state index in [1.54, 1.807) is 24.3 Å². The number of anilines is 1. The van der Waals surface area contributed by atoms with E-state index >= 15 is 0 Å². The molecule has 112 valence electrons. The SMILES string of the molecule is CC(=O)c1cccc(NC(=O)c2cc([N+](=O)[O-])ccc2I)c1. The summed E-state index contributed by atoms with van der Waals surface area (Å²) in [6.07, 6.45) is 0. The average Bonchev–Trinajstić information content (AvgIpc) is 2.47. The van der Waals surface area contributed by atoms with E-state index in [0.29, 0.717) is 14.8 Å². The number of hydrogen-bond acceptors (Lipinski definition) is 4. The number of halogens is 1. The van der Waals surface area contributed by atoms with Crippen LogP contribution in [0.5, 0.6) is 0 Å². The highest BCUT2D eigenvalue weighted by molar-refractivity contribution is 14.1. The minimum atomic E-state index is -0.552. The molecule has 1 N–H and O–H groups in total. The summed E-state index contributed by atoms with van der Waals surface area (Å²) in [6.45, 7) is 1.43. The lowest BCUT2D eigenvalue weighted by Gasteiger charge is -2.08. The first-order valence-corrected chi connectivity index (χ1v) is 7.32. The molecule has 7 heteroatoms. The first-order chi connectivity index (χ1) is 10.4. The number of nitro benzene ring substituents is 1. The van der Waals surface area contributed by atoms with Gasteiger partial charge in [0.1, 0.15) is 0 Å². The van der Waals surface area contributed by atoms with Gasteiger partial charge in [-0.3, -0.25) is 19.7 Å². The summed E-state index contributed by atoms with van der Waals surface area (Å²) in [5.41, 5.74) is 0.998. The fourth-order valence-corrected chi connectivity index (χ4v) is 2.40. The first-order valence-electron chi connectivity index (χ1n) is 6.25. The van der Waals surface area contributed by atoms with Gasteiger partial charge in [0.05, 0.1) is 10.5 Å². The van der Waals surface area contributed by atoms with E-state index in [4.69, 9.17) is 0 Å². The Morgan fingerprint density at radius 2 is 1.91 bits per heavy atom. The summed E-state index contributed by atoms with van der Waals surface area (Å²) in [7, 11) is 0. The molecule has 1 amide bonds. The van der Waals surface area contributed by atoms with Gasteiger partial charge in [-0.15, -0.1) is 0 Å². The molecule has 0 bridgehead atoms. The molecule has 0 saturated heterocycles. The standard InChI is InChI=1S/C15H11IN2O4/c1-9(19)10-3-2-4-11(7-10)17-15(20)13-8-12(18(21)22)5-6-14(13)16/h2-8H,1H3,(H,17,20). The zero-order chi connectivity index (χ0) is 16.3. The summed E-state index contributed by atoms with van der Waals surface area (Å²) in [5, 5.41) is 13.4. The predicted molar refractivity (Wildman–Crippen MR) is 90.2 cm³/mol. The third-order valence-electron chi connectivity index (χ3n) is 2.93. The van der Waals surface area contributed by atoms with Crippen LogP contribution in [0.25, 0.3) is 0 Å². The minimum absolute atomic E-state index is 0.110. The van der Waals surface area contributed by atoms with Crippen molar-refractivity contribution in [1.29, 1.82) is 0 Å². The zero-order valence-electron chi connectivity index (χ0n) is 11.5. The van der Waals surface area contributed by atoms with Crippen LogP contribution in [0.3, 0.4) is 0 Å². The summed E-state index contributed by atoms with van der Waals surface area (Å²) in [5.74, 6) is -0.574. The van der Waals surface area contributed by atoms with Crippen molar-refractivity contribution < 1.29 is 14.5 Å². The van der Waals surface area contributed by atoms with Crippen LogP contribution in [-0.2, 0) is 0 Å². The second kappa shape index (κ2) is 6.65. The Kier molecular flexibility index (Phi) is 4.86. The van der Waals surface area contributed by atoms with Crippen molar-refractivity contribution in [3.63, 3.8) is 0 Å². The Bertz CT molecular complexity index is 774. The Morgan fingerprint density at radius 1 is 1.18 bits per heavy atom. The number of carbonyl (C=O) groups is 2. The van der Waals surface area contributed by atoms with E-state index in [1.165, 1.54) is 25.1 Å². The van der Waals surface area contributed by atoms with Gasteiger partial charge in [-0.05, 0) is 47.7 Å². The molecule has 0 spiro atoms. The second-order valence-corrected chi connectivity index (χ2v) is 5.67. The lowest BCUT2D eigenvalue weighted by molar-refractivity contribution is -0.384. The minimum Gasteiger partial charge on any atom is -0.322 e. The number of nitrogens with one attached hydrogen (secondary N) is 1. The van der Waals surface area contributed by atoms with Gasteiger partial charge >= 0.3 is 0 Å². The van der Waals surface area contributed by atoms with Crippen molar-refractivity contribution in [3.8, 4) is 0 Å². The van der Waals surface area contributed by atoms with Crippen LogP contribution in [-0.4, -0.2) is 16.6 Å². The second-order valence-electron chi connectivity index (χ2n) is 4.51. The summed E-state index contributed by atoms with van der Waals surface area (Å²) < 4.78 is 0.600. The van der Waals surface area contributed by atoms with Gasteiger partial charge in [0.15, 0.2) is 5.78 Å². The lowest BCUT2D eigenvalue weighted by Crippen LogP contribution is -2.14. The number of amides is 1. The van der Waals surface area contributed by atoms with E-state index in [-0.39, 0.29) is 17.0 Å². The maximum Gasteiger partial charge on any atom is 0.270 e. The van der Waals surface area contributed by atoms with Crippen LogP contribution < -0.4 is 5.32 Å². The van der Waals surface area contributed by atoms with Crippen LogP contribution in [0.1, 0.15) is 27.6 Å². The molecule has 0 saturated carbocycles. The number of ketones is 1. The molecule has 6 nitrogen and oxygen atoms in total. The number of rotatable bonds is 4. The molecule has 2 aromatic carbocycles. The number of carbonyl (C=O) groups excluding carboxylic acids is 2. The molecule has 0 fully saturated rings. The van der Waals surface area contributed by atoms with Crippen LogP contribution in [0.2, 0.25) is 0 Å². The smallest absolute Gasteiger partial charge is 0.270 e. The van der Waals surface area contributed by atoms with Gasteiger partial charge in [-0.25, -0.2) is 0 Å². The fraction of sp³-hybridized carbons (Fsp3) is 0.0667. The van der Waals surface area contributed by atoms with Gasteiger partial charge in [0, 0.05) is 27.0 Å². The molecule has 0 unspecified atom stereocenters. The Hall–Kier alpha value is -2.29. The van der Waals surface area contributed by atoms with Crippen molar-refractivity contribution >= 4 is 45.7 Å². The van der Waals surface area contributed by atoms with Gasteiger partial charge in [0.2, 0.25) is 0 Å². The van der Waals surface area contributed by atoms with Crippen LogP contribution in [0.4, 0.5) is 11.4 Å². The zero-order valence-corrected chi connectivity index (χ0v) is 13.7. The lowest BCUT2D eigenvalue weighted by atomic mass is 10.1. The maximum atomic E-state index is 12.3. The number of benzene rings is 2. The predicted octanol–water partition coefficient (Wildman–Crippen LogP) is 3.65. The van der Waals surface area contributed by atoms with Gasteiger partial charge in [-0.1, -0.05) is 12.1 Å². The number of Topliss-reactive ketones (excluding diaryl/α,β-unsaturated/α-hetero) is 1. The highest BCUT2D eigenvalue weighted by atomic mass is 127. The molecule has 0 atom stereocenters. The molecule has 0 aliphatic heterocycles. The topological polar surface area (TPSA) is 89.3 Å². The van der Waals surface area contributed by atoms with Crippen molar-refractivity contribution in [2.24, 2.45) is 0 Å². The Labute approximate surface area is 139 Å². The van der Waals surface area contributed by atoms with Gasteiger partial charge < -0.3 is 5.32 Å². The Balaban J connectivity index is 2.29. The Morgan fingerprint density at radius 3 is 2.55 bits per heavy atom. The average molecular weight is 410 g/mol. The number of nitrogens with zero attached hydrogens (tertiary/aromatic N) is 1. The van der Waals surface area contributed by atoms with E-state index in [0.717, 1.165) is 0 Å². The highest BCUT2D eigenvalue weighted by Crippen LogP contribution is 2.21. The first kappa shape index (κ1) is 16.1. The number of nitro groups is 1. The highest BCUT2D eigenvalue weighted by Gasteiger charge is 2.16. The monoisotopic (exact) mass is 410 g/mol. The van der Waals surface area contributed by atoms with Crippen molar-refractivity contribution in [2.75, 3.05) is 5.32 Å². The van der Waals surface area contributed by atoms with E-state index in [2.05, 4.69) is 5.32 Å². The van der Waals surface area contributed by atoms with E-state index in [9.17, 15) is 19.7 Å².